The molecule has 0 saturated heterocycles. The molecule has 0 bridgehead atoms. The van der Waals surface area contributed by atoms with E-state index in [2.05, 4.69) is 12.2 Å². The lowest BCUT2D eigenvalue weighted by molar-refractivity contribution is 0.174. The Labute approximate surface area is 123 Å². The molecule has 0 radical (unpaired) electrons. The molecule has 0 spiro atoms. The van der Waals surface area contributed by atoms with Gasteiger partial charge in [-0.25, -0.2) is 0 Å². The molecule has 0 aliphatic heterocycles. The Bertz CT molecular complexity index is 397. The summed E-state index contributed by atoms with van der Waals surface area (Å²) in [6, 6.07) is 5.47. The first-order chi connectivity index (χ1) is 8.40. The summed E-state index contributed by atoms with van der Waals surface area (Å²) >= 11 is 13.8. The maximum Gasteiger partial charge on any atom is 0.0610 e. The maximum absolute atomic E-state index is 9.38. The molecule has 1 aromatic carbocycles. The lowest BCUT2D eigenvalue weighted by Crippen LogP contribution is -2.45. The van der Waals surface area contributed by atoms with Crippen LogP contribution in [0.2, 0.25) is 10.0 Å². The lowest BCUT2D eigenvalue weighted by Gasteiger charge is -2.29. The highest BCUT2D eigenvalue weighted by Gasteiger charge is 2.24. The minimum absolute atomic E-state index is 0.109. The molecule has 0 heterocycles. The van der Waals surface area contributed by atoms with Gasteiger partial charge in [-0.05, 0) is 38.6 Å². The van der Waals surface area contributed by atoms with E-state index in [-0.39, 0.29) is 12.1 Å². The Balaban J connectivity index is 2.70. The highest BCUT2D eigenvalue weighted by atomic mass is 35.5. The second-order valence-electron chi connectivity index (χ2n) is 4.68. The van der Waals surface area contributed by atoms with Crippen molar-refractivity contribution < 1.29 is 5.11 Å². The number of aliphatic hydroxyl groups is 1. The third-order valence-corrected chi connectivity index (χ3v) is 4.75. The van der Waals surface area contributed by atoms with Crippen molar-refractivity contribution in [2.24, 2.45) is 0 Å². The van der Waals surface area contributed by atoms with Crippen LogP contribution in [0.25, 0.3) is 0 Å². The van der Waals surface area contributed by atoms with Crippen molar-refractivity contribution in [2.45, 2.75) is 36.0 Å². The van der Waals surface area contributed by atoms with Gasteiger partial charge in [-0.3, -0.25) is 0 Å². The van der Waals surface area contributed by atoms with Gasteiger partial charge < -0.3 is 10.4 Å². The van der Waals surface area contributed by atoms with Crippen molar-refractivity contribution in [3.05, 3.63) is 28.2 Å². The predicted octanol–water partition coefficient (Wildman–Crippen LogP) is 3.83. The third-order valence-electron chi connectivity index (χ3n) is 2.91. The smallest absolute Gasteiger partial charge is 0.0610 e. The molecule has 102 valence electrons. The molecule has 0 aliphatic carbocycles. The number of halogens is 2. The molecule has 5 heteroatoms. The van der Waals surface area contributed by atoms with Gasteiger partial charge >= 0.3 is 0 Å². The highest BCUT2D eigenvalue weighted by molar-refractivity contribution is 8.00. The van der Waals surface area contributed by atoms with Gasteiger partial charge in [0.05, 0.1) is 11.6 Å². The summed E-state index contributed by atoms with van der Waals surface area (Å²) < 4.78 is 0. The van der Waals surface area contributed by atoms with Crippen molar-refractivity contribution >= 4 is 35.0 Å². The van der Waals surface area contributed by atoms with Gasteiger partial charge in [-0.15, -0.1) is 11.8 Å². The number of hydrogen-bond acceptors (Lipinski definition) is 3. The van der Waals surface area contributed by atoms with E-state index in [1.807, 2.05) is 26.1 Å². The number of benzene rings is 1. The Morgan fingerprint density at radius 2 is 2.11 bits per heavy atom. The van der Waals surface area contributed by atoms with Crippen molar-refractivity contribution in [3.8, 4) is 0 Å². The Hall–Kier alpha value is 0.0700. The Kier molecular flexibility index (Phi) is 6.28. The van der Waals surface area contributed by atoms with Crippen molar-refractivity contribution in [1.82, 2.24) is 5.32 Å². The quantitative estimate of drug-likeness (QED) is 0.783. The average Bonchev–Trinajstić information content (AvgIpc) is 2.33. The molecule has 2 atom stereocenters. The van der Waals surface area contributed by atoms with Crippen molar-refractivity contribution in [2.75, 3.05) is 13.7 Å². The van der Waals surface area contributed by atoms with Crippen molar-refractivity contribution in [1.29, 1.82) is 0 Å². The fourth-order valence-electron chi connectivity index (χ4n) is 1.71. The van der Waals surface area contributed by atoms with E-state index in [9.17, 15) is 5.11 Å². The highest BCUT2D eigenvalue weighted by Crippen LogP contribution is 2.35. The monoisotopic (exact) mass is 307 g/mol. The van der Waals surface area contributed by atoms with E-state index in [4.69, 9.17) is 23.2 Å². The van der Waals surface area contributed by atoms with E-state index in [0.29, 0.717) is 15.3 Å². The second kappa shape index (κ2) is 7.01. The molecule has 0 amide bonds. The lowest BCUT2D eigenvalue weighted by atomic mass is 9.97. The van der Waals surface area contributed by atoms with Gasteiger partial charge in [0.15, 0.2) is 0 Å². The van der Waals surface area contributed by atoms with E-state index in [1.165, 1.54) is 0 Å². The number of likely N-dealkylation sites (N-methyl/N-ethyl adjacent to an activating group) is 1. The minimum Gasteiger partial charge on any atom is -0.394 e. The third kappa shape index (κ3) is 4.63. The topological polar surface area (TPSA) is 32.3 Å². The summed E-state index contributed by atoms with van der Waals surface area (Å²) in [5.74, 6) is 0. The van der Waals surface area contributed by atoms with Gasteiger partial charge in [0.2, 0.25) is 0 Å². The normalized spacial score (nSPS) is 16.3. The summed E-state index contributed by atoms with van der Waals surface area (Å²) in [4.78, 5) is 0.980. The molecule has 2 N–H and O–H groups in total. The molecule has 0 saturated carbocycles. The summed E-state index contributed by atoms with van der Waals surface area (Å²) in [6.07, 6.45) is 0.841. The van der Waals surface area contributed by atoms with Crippen LogP contribution in [-0.2, 0) is 0 Å². The maximum atomic E-state index is 9.38. The molecule has 0 aromatic heterocycles. The fraction of sp³-hybridized carbons (Fsp3) is 0.538. The average molecular weight is 308 g/mol. The number of hydrogen-bond donors (Lipinski definition) is 2. The van der Waals surface area contributed by atoms with Gasteiger partial charge in [0.25, 0.3) is 0 Å². The standard InChI is InChI=1S/C13H19Cl2NOS/c1-9(7-13(2,8-17)16-3)18-12-6-10(14)4-5-11(12)15/h4-6,9,16-17H,7-8H2,1-3H3. The van der Waals surface area contributed by atoms with E-state index >= 15 is 0 Å². The van der Waals surface area contributed by atoms with Crippen LogP contribution >= 0.6 is 35.0 Å². The predicted molar refractivity (Wildman–Crippen MR) is 80.9 cm³/mol. The van der Waals surface area contributed by atoms with Crippen LogP contribution in [0.15, 0.2) is 23.1 Å². The molecular weight excluding hydrogens is 289 g/mol. The first kappa shape index (κ1) is 16.1. The molecule has 2 unspecified atom stereocenters. The number of rotatable bonds is 6. The van der Waals surface area contributed by atoms with Crippen LogP contribution in [0.4, 0.5) is 0 Å². The number of thioether (sulfide) groups is 1. The van der Waals surface area contributed by atoms with Crippen LogP contribution < -0.4 is 5.32 Å². The first-order valence-electron chi connectivity index (χ1n) is 5.81. The molecule has 1 aromatic rings. The molecular formula is C13H19Cl2NOS. The molecule has 0 fully saturated rings. The minimum atomic E-state index is -0.266. The zero-order valence-electron chi connectivity index (χ0n) is 10.8. The van der Waals surface area contributed by atoms with E-state index in [1.54, 1.807) is 17.8 Å². The summed E-state index contributed by atoms with van der Waals surface area (Å²) in [5, 5.41) is 14.3. The number of nitrogens with one attached hydrogen (secondary N) is 1. The van der Waals surface area contributed by atoms with Crippen LogP contribution in [-0.4, -0.2) is 29.5 Å². The zero-order valence-corrected chi connectivity index (χ0v) is 13.2. The largest absolute Gasteiger partial charge is 0.394 e. The SMILES string of the molecule is CNC(C)(CO)CC(C)Sc1cc(Cl)ccc1Cl. The summed E-state index contributed by atoms with van der Waals surface area (Å²) in [7, 11) is 1.86. The Morgan fingerprint density at radius 1 is 1.44 bits per heavy atom. The van der Waals surface area contributed by atoms with Gasteiger partial charge in [0.1, 0.15) is 0 Å². The van der Waals surface area contributed by atoms with Gasteiger partial charge in [0, 0.05) is 20.7 Å². The Morgan fingerprint density at radius 3 is 2.67 bits per heavy atom. The molecule has 2 nitrogen and oxygen atoms in total. The molecule has 1 rings (SSSR count). The van der Waals surface area contributed by atoms with E-state index in [0.717, 1.165) is 11.3 Å². The number of aliphatic hydroxyl groups excluding tert-OH is 1. The second-order valence-corrected chi connectivity index (χ2v) is 7.00. The molecule has 0 aliphatic rings. The summed E-state index contributed by atoms with van der Waals surface area (Å²) in [5.41, 5.74) is -0.266. The first-order valence-corrected chi connectivity index (χ1v) is 7.45. The molecule has 18 heavy (non-hydrogen) atoms. The van der Waals surface area contributed by atoms with Crippen LogP contribution in [0.1, 0.15) is 20.3 Å². The zero-order chi connectivity index (χ0) is 13.8. The van der Waals surface area contributed by atoms with Gasteiger partial charge in [-0.1, -0.05) is 30.1 Å². The van der Waals surface area contributed by atoms with Crippen LogP contribution in [0, 0.1) is 0 Å². The van der Waals surface area contributed by atoms with Gasteiger partial charge in [-0.2, -0.15) is 0 Å². The fourth-order valence-corrected chi connectivity index (χ4v) is 3.45. The van der Waals surface area contributed by atoms with Crippen LogP contribution in [0.5, 0.6) is 0 Å². The van der Waals surface area contributed by atoms with Crippen LogP contribution in [0.3, 0.4) is 0 Å². The summed E-state index contributed by atoms with van der Waals surface area (Å²) in [6.45, 7) is 4.23. The van der Waals surface area contributed by atoms with Crippen molar-refractivity contribution in [3.63, 3.8) is 0 Å². The van der Waals surface area contributed by atoms with E-state index < -0.39 is 0 Å².